The maximum atomic E-state index is 10.6. The van der Waals surface area contributed by atoms with Crippen LogP contribution >= 0.6 is 0 Å². The summed E-state index contributed by atoms with van der Waals surface area (Å²) in [7, 11) is -4.19. The van der Waals surface area contributed by atoms with Crippen LogP contribution in [0, 0.1) is 22.7 Å². The van der Waals surface area contributed by atoms with Gasteiger partial charge in [-0.25, -0.2) is 9.97 Å². The van der Waals surface area contributed by atoms with Gasteiger partial charge in [0.25, 0.3) is 10.1 Å². The molecule has 1 heterocycles. The van der Waals surface area contributed by atoms with Gasteiger partial charge in [-0.05, 0) is 0 Å². The fraction of sp³-hybridized carbons (Fsp3) is 0.400. The summed E-state index contributed by atoms with van der Waals surface area (Å²) < 4.78 is 50.8. The Morgan fingerprint density at radius 1 is 1.13 bits per heavy atom. The summed E-state index contributed by atoms with van der Waals surface area (Å²) in [5.74, 6) is -1.01. The smallest absolute Gasteiger partial charge is 0.266 e. The second-order valence-electron chi connectivity index (χ2n) is 3.99. The molecule has 13 heteroatoms. The fourth-order valence-corrected chi connectivity index (χ4v) is 2.02. The molecule has 23 heavy (non-hydrogen) atoms. The normalized spacial score (nSPS) is 12.0. The molecule has 0 bridgehead atoms. The first-order valence-corrected chi connectivity index (χ1v) is 8.83. The predicted octanol–water partition coefficient (Wildman–Crippen LogP) is -1.19. The van der Waals surface area contributed by atoms with Crippen molar-refractivity contribution in [3.63, 3.8) is 0 Å². The van der Waals surface area contributed by atoms with Gasteiger partial charge in [0.1, 0.15) is 12.1 Å². The number of nitriles is 2. The van der Waals surface area contributed by atoms with E-state index in [0.29, 0.717) is 0 Å². The lowest BCUT2D eigenvalue weighted by atomic mass is 10.3. The highest BCUT2D eigenvalue weighted by Crippen LogP contribution is 2.16. The van der Waals surface area contributed by atoms with Gasteiger partial charge >= 0.3 is 0 Å². The van der Waals surface area contributed by atoms with E-state index >= 15 is 0 Å². The summed E-state index contributed by atoms with van der Waals surface area (Å²) in [5.41, 5.74) is -0.417. The van der Waals surface area contributed by atoms with E-state index in [4.69, 9.17) is 15.1 Å². The van der Waals surface area contributed by atoms with Crippen LogP contribution in [-0.2, 0) is 21.2 Å². The Morgan fingerprint density at radius 3 is 2.00 bits per heavy atom. The third-order valence-electron chi connectivity index (χ3n) is 2.32. The van der Waals surface area contributed by atoms with Crippen LogP contribution in [0.4, 0.5) is 11.6 Å². The summed E-state index contributed by atoms with van der Waals surface area (Å²) in [5, 5.41) is 23.1. The van der Waals surface area contributed by atoms with E-state index < -0.39 is 27.0 Å². The summed E-state index contributed by atoms with van der Waals surface area (Å²) in [6.45, 7) is -0.269. The van der Waals surface area contributed by atoms with Gasteiger partial charge in [0.05, 0.1) is 5.75 Å². The van der Waals surface area contributed by atoms with Gasteiger partial charge in [0, 0.05) is 18.8 Å². The number of hydrogen-bond acceptors (Lipinski definition) is 10. The van der Waals surface area contributed by atoms with Crippen molar-refractivity contribution in [2.24, 2.45) is 0 Å². The molecule has 3 N–H and O–H groups in total. The maximum absolute atomic E-state index is 10.6. The Labute approximate surface area is 134 Å². The van der Waals surface area contributed by atoms with Crippen LogP contribution in [0.2, 0.25) is 0 Å². The molecule has 0 fully saturated rings. The van der Waals surface area contributed by atoms with Gasteiger partial charge < -0.3 is 15.2 Å². The second-order valence-corrected chi connectivity index (χ2v) is 6.58. The Bertz CT molecular complexity index is 782. The van der Waals surface area contributed by atoms with Crippen LogP contribution in [-0.4, -0.2) is 56.3 Å². The SMILES string of the molecule is N#Cc1nc(NCCS(=O)(=O)O)c(C#N)nc1NCCS(=O)[O-]. The van der Waals surface area contributed by atoms with E-state index in [9.17, 15) is 17.2 Å². The molecule has 0 aliphatic carbocycles. The molecule has 0 aromatic carbocycles. The minimum atomic E-state index is -4.19. The zero-order valence-corrected chi connectivity index (χ0v) is 13.1. The van der Waals surface area contributed by atoms with Gasteiger partial charge in [0.15, 0.2) is 23.0 Å². The molecule has 124 valence electrons. The van der Waals surface area contributed by atoms with Crippen molar-refractivity contribution in [2.45, 2.75) is 0 Å². The van der Waals surface area contributed by atoms with Crippen molar-refractivity contribution in [3.05, 3.63) is 11.4 Å². The van der Waals surface area contributed by atoms with E-state index in [1.54, 1.807) is 12.1 Å². The Kier molecular flexibility index (Phi) is 6.80. The lowest BCUT2D eigenvalue weighted by molar-refractivity contribution is 0.484. The van der Waals surface area contributed by atoms with E-state index in [1.807, 2.05) is 0 Å². The molecule has 0 aliphatic heterocycles. The quantitative estimate of drug-likeness (QED) is 0.373. The van der Waals surface area contributed by atoms with Crippen molar-refractivity contribution in [1.82, 2.24) is 9.97 Å². The van der Waals surface area contributed by atoms with E-state index in [1.165, 1.54) is 0 Å². The van der Waals surface area contributed by atoms with Crippen molar-refractivity contribution in [1.29, 1.82) is 10.5 Å². The second kappa shape index (κ2) is 8.35. The average Bonchev–Trinajstić information content (AvgIpc) is 2.46. The molecule has 1 aromatic heterocycles. The van der Waals surface area contributed by atoms with Crippen LogP contribution in [0.1, 0.15) is 11.4 Å². The number of nitrogens with one attached hydrogen (secondary N) is 2. The highest BCUT2D eigenvalue weighted by Gasteiger charge is 2.14. The first-order valence-electron chi connectivity index (χ1n) is 5.98. The Balaban J connectivity index is 2.95. The molecule has 0 saturated carbocycles. The van der Waals surface area contributed by atoms with Crippen LogP contribution in [0.15, 0.2) is 0 Å². The fourth-order valence-electron chi connectivity index (χ4n) is 1.39. The molecule has 0 spiro atoms. The molecule has 0 amide bonds. The summed E-state index contributed by atoms with van der Waals surface area (Å²) in [6.07, 6.45) is 0. The lowest BCUT2D eigenvalue weighted by Gasteiger charge is -2.11. The summed E-state index contributed by atoms with van der Waals surface area (Å²) >= 11 is -2.27. The van der Waals surface area contributed by atoms with Crippen LogP contribution in [0.25, 0.3) is 0 Å². The largest absolute Gasteiger partial charge is 0.772 e. The van der Waals surface area contributed by atoms with Crippen molar-refractivity contribution in [2.75, 3.05) is 35.2 Å². The van der Waals surface area contributed by atoms with Crippen LogP contribution in [0.5, 0.6) is 0 Å². The topological polar surface area (TPSA) is 192 Å². The third-order valence-corrected chi connectivity index (χ3v) is 3.58. The van der Waals surface area contributed by atoms with Gasteiger partial charge in [-0.15, -0.1) is 0 Å². The molecule has 1 unspecified atom stereocenters. The highest BCUT2D eigenvalue weighted by molar-refractivity contribution is 7.85. The van der Waals surface area contributed by atoms with E-state index in [0.717, 1.165) is 0 Å². The van der Waals surface area contributed by atoms with Crippen LogP contribution < -0.4 is 10.6 Å². The molecule has 1 rings (SSSR count). The lowest BCUT2D eigenvalue weighted by Crippen LogP contribution is -2.18. The molecular weight excluding hydrogens is 348 g/mol. The monoisotopic (exact) mass is 359 g/mol. The molecule has 0 radical (unpaired) electrons. The third kappa shape index (κ3) is 6.54. The number of rotatable bonds is 8. The van der Waals surface area contributed by atoms with Crippen LogP contribution in [0.3, 0.4) is 0 Å². The van der Waals surface area contributed by atoms with Crippen molar-refractivity contribution >= 4 is 32.8 Å². The molecule has 1 aromatic rings. The van der Waals surface area contributed by atoms with Gasteiger partial charge in [-0.2, -0.15) is 18.9 Å². The number of aromatic nitrogens is 2. The van der Waals surface area contributed by atoms with E-state index in [2.05, 4.69) is 20.6 Å². The van der Waals surface area contributed by atoms with Crippen molar-refractivity contribution in [3.8, 4) is 12.1 Å². The Morgan fingerprint density at radius 2 is 1.61 bits per heavy atom. The first-order chi connectivity index (χ1) is 10.8. The minimum absolute atomic E-state index is 0.0279. The molecular formula is C10H11N6O5S2-. The maximum Gasteiger partial charge on any atom is 0.266 e. The zero-order chi connectivity index (χ0) is 17.5. The van der Waals surface area contributed by atoms with Gasteiger partial charge in [0.2, 0.25) is 0 Å². The number of nitrogens with zero attached hydrogens (tertiary/aromatic N) is 4. The molecule has 1 atom stereocenters. The van der Waals surface area contributed by atoms with Gasteiger partial charge in [-0.3, -0.25) is 8.76 Å². The van der Waals surface area contributed by atoms with Gasteiger partial charge in [-0.1, -0.05) is 11.1 Å². The zero-order valence-electron chi connectivity index (χ0n) is 11.5. The number of anilines is 2. The molecule has 11 nitrogen and oxygen atoms in total. The molecule has 0 saturated heterocycles. The summed E-state index contributed by atoms with van der Waals surface area (Å²) in [4.78, 5) is 7.67. The minimum Gasteiger partial charge on any atom is -0.772 e. The highest BCUT2D eigenvalue weighted by atomic mass is 32.2. The predicted molar refractivity (Wildman–Crippen MR) is 78.6 cm³/mol. The van der Waals surface area contributed by atoms with Crippen molar-refractivity contribution < 1.29 is 21.7 Å². The average molecular weight is 359 g/mol. The number of hydrogen-bond donors (Lipinski definition) is 3. The van der Waals surface area contributed by atoms with E-state index in [-0.39, 0.29) is 41.9 Å². The standard InChI is InChI=1S/C10H12N6O5S2/c11-5-7-9(13-1-3-22(17)18)15-8(6-12)10(16-7)14-2-4-23(19,20)21/h1-4H2,(H,13,15)(H,14,16)(H,17,18)(H,19,20,21)/p-1. The summed E-state index contributed by atoms with van der Waals surface area (Å²) in [6, 6.07) is 3.44. The first kappa shape index (κ1) is 18.7. The Hall–Kier alpha value is -2.32. The molecule has 0 aliphatic rings.